The minimum Gasteiger partial charge on any atom is -0.477 e. The molecule has 2 N–H and O–H groups in total. The van der Waals surface area contributed by atoms with Crippen molar-refractivity contribution >= 4 is 21.6 Å². The number of nitrogens with zero attached hydrogens (tertiary/aromatic N) is 1. The highest BCUT2D eigenvalue weighted by atomic mass is 79.9. The molecule has 0 aromatic carbocycles. The largest absolute Gasteiger partial charge is 0.477 e. The number of nitrogens with two attached hydrogens (primary N) is 1. The van der Waals surface area contributed by atoms with Gasteiger partial charge in [0, 0.05) is 0 Å². The molecular weight excluding hydrogens is 232 g/mol. The van der Waals surface area contributed by atoms with Gasteiger partial charge in [-0.15, -0.1) is 0 Å². The van der Waals surface area contributed by atoms with Gasteiger partial charge in [-0.2, -0.15) is 0 Å². The van der Waals surface area contributed by atoms with E-state index in [2.05, 4.69) is 27.8 Å². The standard InChI is InChI=1S/C9H13BrN2O/c1-3-4-13-9-8(10)6(2)7(11)5-12-9/h5H,3-4,11H2,1-2H3. The summed E-state index contributed by atoms with van der Waals surface area (Å²) in [5.41, 5.74) is 7.32. The van der Waals surface area contributed by atoms with Gasteiger partial charge >= 0.3 is 0 Å². The lowest BCUT2D eigenvalue weighted by atomic mass is 10.2. The summed E-state index contributed by atoms with van der Waals surface area (Å²) in [5, 5.41) is 0. The summed E-state index contributed by atoms with van der Waals surface area (Å²) in [6, 6.07) is 0. The molecule has 1 heterocycles. The van der Waals surface area contributed by atoms with Crippen LogP contribution in [-0.4, -0.2) is 11.6 Å². The van der Waals surface area contributed by atoms with Crippen molar-refractivity contribution in [1.82, 2.24) is 4.98 Å². The molecule has 0 unspecified atom stereocenters. The van der Waals surface area contributed by atoms with Gasteiger partial charge in [0.05, 0.1) is 23.0 Å². The third-order valence-electron chi connectivity index (χ3n) is 1.71. The quantitative estimate of drug-likeness (QED) is 0.890. The van der Waals surface area contributed by atoms with Crippen LogP contribution in [0.5, 0.6) is 5.88 Å². The van der Waals surface area contributed by atoms with Crippen LogP contribution in [0.3, 0.4) is 0 Å². The van der Waals surface area contributed by atoms with Crippen LogP contribution >= 0.6 is 15.9 Å². The van der Waals surface area contributed by atoms with Crippen molar-refractivity contribution < 1.29 is 4.74 Å². The highest BCUT2D eigenvalue weighted by Gasteiger charge is 2.07. The Labute approximate surface area is 86.4 Å². The van der Waals surface area contributed by atoms with E-state index in [9.17, 15) is 0 Å². The van der Waals surface area contributed by atoms with Gasteiger partial charge in [0.25, 0.3) is 0 Å². The molecule has 0 spiro atoms. The number of aromatic nitrogens is 1. The van der Waals surface area contributed by atoms with E-state index in [0.717, 1.165) is 16.5 Å². The van der Waals surface area contributed by atoms with Gasteiger partial charge in [0.15, 0.2) is 0 Å². The van der Waals surface area contributed by atoms with Crippen molar-refractivity contribution in [3.8, 4) is 5.88 Å². The Morgan fingerprint density at radius 3 is 2.92 bits per heavy atom. The molecule has 0 aliphatic carbocycles. The normalized spacial score (nSPS) is 10.1. The maximum Gasteiger partial charge on any atom is 0.228 e. The number of anilines is 1. The number of ether oxygens (including phenoxy) is 1. The maximum atomic E-state index is 5.67. The second kappa shape index (κ2) is 4.46. The number of nitrogen functional groups attached to an aromatic ring is 1. The van der Waals surface area contributed by atoms with Crippen molar-refractivity contribution in [1.29, 1.82) is 0 Å². The summed E-state index contributed by atoms with van der Waals surface area (Å²) in [4.78, 5) is 4.08. The first-order chi connectivity index (χ1) is 6.16. The zero-order valence-electron chi connectivity index (χ0n) is 7.80. The first-order valence-electron chi connectivity index (χ1n) is 4.20. The molecular formula is C9H13BrN2O. The Morgan fingerprint density at radius 2 is 2.31 bits per heavy atom. The summed E-state index contributed by atoms with van der Waals surface area (Å²) in [6.45, 7) is 4.66. The molecule has 4 heteroatoms. The van der Waals surface area contributed by atoms with E-state index in [1.807, 2.05) is 6.92 Å². The highest BCUT2D eigenvalue weighted by Crippen LogP contribution is 2.29. The molecule has 0 radical (unpaired) electrons. The van der Waals surface area contributed by atoms with Crippen molar-refractivity contribution in [2.45, 2.75) is 20.3 Å². The second-order valence-electron chi connectivity index (χ2n) is 2.81. The molecule has 1 aromatic rings. The molecule has 1 aromatic heterocycles. The summed E-state index contributed by atoms with van der Waals surface area (Å²) in [6.07, 6.45) is 2.59. The molecule has 72 valence electrons. The Hall–Kier alpha value is -0.770. The van der Waals surface area contributed by atoms with Gasteiger partial charge < -0.3 is 10.5 Å². The third-order valence-corrected chi connectivity index (χ3v) is 2.65. The third kappa shape index (κ3) is 2.34. The SMILES string of the molecule is CCCOc1ncc(N)c(C)c1Br. The van der Waals surface area contributed by atoms with Crippen LogP contribution in [0.2, 0.25) is 0 Å². The van der Waals surface area contributed by atoms with Crippen LogP contribution < -0.4 is 10.5 Å². The minimum absolute atomic E-state index is 0.619. The summed E-state index contributed by atoms with van der Waals surface area (Å²) >= 11 is 3.39. The Morgan fingerprint density at radius 1 is 1.62 bits per heavy atom. The van der Waals surface area contributed by atoms with Crippen LogP contribution in [0.4, 0.5) is 5.69 Å². The van der Waals surface area contributed by atoms with Crippen molar-refractivity contribution in [2.75, 3.05) is 12.3 Å². The fourth-order valence-corrected chi connectivity index (χ4v) is 1.31. The number of hydrogen-bond acceptors (Lipinski definition) is 3. The van der Waals surface area contributed by atoms with E-state index in [4.69, 9.17) is 10.5 Å². The summed E-state index contributed by atoms with van der Waals surface area (Å²) in [7, 11) is 0. The monoisotopic (exact) mass is 244 g/mol. The average molecular weight is 245 g/mol. The summed E-state index contributed by atoms with van der Waals surface area (Å²) < 4.78 is 6.26. The molecule has 0 aliphatic rings. The highest BCUT2D eigenvalue weighted by molar-refractivity contribution is 9.10. The number of pyridine rings is 1. The van der Waals surface area contributed by atoms with Crippen LogP contribution in [0.25, 0.3) is 0 Å². The molecule has 0 amide bonds. The smallest absolute Gasteiger partial charge is 0.228 e. The molecule has 1 rings (SSSR count). The number of halogens is 1. The predicted molar refractivity (Wildman–Crippen MR) is 56.9 cm³/mol. The molecule has 13 heavy (non-hydrogen) atoms. The van der Waals surface area contributed by atoms with Gasteiger partial charge in [0.2, 0.25) is 5.88 Å². The molecule has 3 nitrogen and oxygen atoms in total. The lowest BCUT2D eigenvalue weighted by Crippen LogP contribution is -2.01. The minimum atomic E-state index is 0.619. The van der Waals surface area contributed by atoms with Gasteiger partial charge in [0.1, 0.15) is 0 Å². The van der Waals surface area contributed by atoms with Gasteiger partial charge in [-0.05, 0) is 34.8 Å². The lowest BCUT2D eigenvalue weighted by Gasteiger charge is -2.08. The topological polar surface area (TPSA) is 48.1 Å². The number of rotatable bonds is 3. The van der Waals surface area contributed by atoms with E-state index in [0.29, 0.717) is 18.2 Å². The number of hydrogen-bond donors (Lipinski definition) is 1. The van der Waals surface area contributed by atoms with Gasteiger partial charge in [-0.1, -0.05) is 6.92 Å². The molecule has 0 saturated heterocycles. The van der Waals surface area contributed by atoms with Gasteiger partial charge in [-0.3, -0.25) is 0 Å². The Kier molecular flexibility index (Phi) is 3.54. The first kappa shape index (κ1) is 10.3. The average Bonchev–Trinajstić information content (AvgIpc) is 2.13. The molecule has 0 aliphatic heterocycles. The zero-order valence-corrected chi connectivity index (χ0v) is 9.39. The second-order valence-corrected chi connectivity index (χ2v) is 3.60. The van der Waals surface area contributed by atoms with Crippen LogP contribution in [0.1, 0.15) is 18.9 Å². The van der Waals surface area contributed by atoms with Crippen LogP contribution in [-0.2, 0) is 0 Å². The van der Waals surface area contributed by atoms with E-state index < -0.39 is 0 Å². The van der Waals surface area contributed by atoms with Crippen LogP contribution in [0, 0.1) is 6.92 Å². The Bertz CT molecular complexity index is 302. The predicted octanol–water partition coefficient (Wildman–Crippen LogP) is 2.52. The van der Waals surface area contributed by atoms with E-state index in [1.165, 1.54) is 0 Å². The Balaban J connectivity index is 2.90. The zero-order chi connectivity index (χ0) is 9.84. The van der Waals surface area contributed by atoms with Crippen molar-refractivity contribution in [3.05, 3.63) is 16.2 Å². The maximum absolute atomic E-state index is 5.67. The first-order valence-corrected chi connectivity index (χ1v) is 4.99. The van der Waals surface area contributed by atoms with Crippen molar-refractivity contribution in [2.24, 2.45) is 0 Å². The fourth-order valence-electron chi connectivity index (χ4n) is 0.868. The van der Waals surface area contributed by atoms with E-state index in [-0.39, 0.29) is 0 Å². The lowest BCUT2D eigenvalue weighted by molar-refractivity contribution is 0.303. The van der Waals surface area contributed by atoms with Crippen molar-refractivity contribution in [3.63, 3.8) is 0 Å². The van der Waals surface area contributed by atoms with Gasteiger partial charge in [-0.25, -0.2) is 4.98 Å². The van der Waals surface area contributed by atoms with E-state index >= 15 is 0 Å². The fraction of sp³-hybridized carbons (Fsp3) is 0.444. The molecule has 0 bridgehead atoms. The van der Waals surface area contributed by atoms with E-state index in [1.54, 1.807) is 6.20 Å². The molecule has 0 atom stereocenters. The molecule has 0 fully saturated rings. The summed E-state index contributed by atoms with van der Waals surface area (Å²) in [5.74, 6) is 0.619. The molecule has 0 saturated carbocycles. The van der Waals surface area contributed by atoms with Crippen LogP contribution in [0.15, 0.2) is 10.7 Å².